The van der Waals surface area contributed by atoms with Crippen LogP contribution >= 0.6 is 0 Å². The van der Waals surface area contributed by atoms with E-state index in [0.29, 0.717) is 12.8 Å². The van der Waals surface area contributed by atoms with E-state index < -0.39 is 0 Å². The smallest absolute Gasteiger partial charge is 0.243 e. The number of hydrogen-bond acceptors (Lipinski definition) is 3. The Morgan fingerprint density at radius 3 is 2.50 bits per heavy atom. The number of amides is 3. The molecule has 1 aliphatic heterocycles. The molecular formula is C22H25N3O3. The van der Waals surface area contributed by atoms with Crippen LogP contribution in [0.3, 0.4) is 0 Å². The maximum atomic E-state index is 12.2. The number of carbonyl (C=O) groups is 3. The zero-order valence-electron chi connectivity index (χ0n) is 16.2. The molecule has 2 aromatic carbocycles. The molecule has 0 aromatic heterocycles. The monoisotopic (exact) mass is 379 g/mol. The van der Waals surface area contributed by atoms with Crippen molar-refractivity contribution in [2.45, 2.75) is 33.1 Å². The number of nitrogens with one attached hydrogen (secondary N) is 3. The fraction of sp³-hybridized carbons (Fsp3) is 0.318. The van der Waals surface area contributed by atoms with Gasteiger partial charge in [0.15, 0.2) is 0 Å². The van der Waals surface area contributed by atoms with Crippen LogP contribution < -0.4 is 16.0 Å². The second-order valence-electron chi connectivity index (χ2n) is 7.18. The number of rotatable bonds is 6. The van der Waals surface area contributed by atoms with Gasteiger partial charge in [-0.25, -0.2) is 0 Å². The summed E-state index contributed by atoms with van der Waals surface area (Å²) in [5.74, 6) is -0.790. The summed E-state index contributed by atoms with van der Waals surface area (Å²) in [5, 5.41) is 8.36. The highest BCUT2D eigenvalue weighted by Crippen LogP contribution is 2.27. The quantitative estimate of drug-likeness (QED) is 0.721. The van der Waals surface area contributed by atoms with E-state index in [9.17, 15) is 14.4 Å². The van der Waals surface area contributed by atoms with Crippen LogP contribution in [-0.4, -0.2) is 24.3 Å². The molecule has 1 unspecified atom stereocenters. The number of carbonyl (C=O) groups excluding carboxylic acids is 3. The third-order valence-corrected chi connectivity index (χ3v) is 5.02. The predicted molar refractivity (Wildman–Crippen MR) is 109 cm³/mol. The van der Waals surface area contributed by atoms with Gasteiger partial charge in [0, 0.05) is 23.7 Å². The van der Waals surface area contributed by atoms with Crippen molar-refractivity contribution < 1.29 is 14.4 Å². The Morgan fingerprint density at radius 1 is 1.04 bits per heavy atom. The Hall–Kier alpha value is -3.15. The highest BCUT2D eigenvalue weighted by Gasteiger charge is 2.26. The van der Waals surface area contributed by atoms with Crippen LogP contribution in [0.15, 0.2) is 42.5 Å². The van der Waals surface area contributed by atoms with Gasteiger partial charge in [0.05, 0.1) is 6.54 Å². The number of anilines is 2. The van der Waals surface area contributed by atoms with Gasteiger partial charge in [0.1, 0.15) is 0 Å². The molecule has 2 aromatic rings. The van der Waals surface area contributed by atoms with Gasteiger partial charge in [0.25, 0.3) is 0 Å². The molecule has 0 fully saturated rings. The first-order chi connectivity index (χ1) is 13.4. The zero-order chi connectivity index (χ0) is 20.1. The number of benzene rings is 2. The van der Waals surface area contributed by atoms with Crippen molar-refractivity contribution in [1.29, 1.82) is 0 Å². The summed E-state index contributed by atoms with van der Waals surface area (Å²) in [7, 11) is 0. The number of fused-ring (bicyclic) bond motifs is 1. The molecule has 0 saturated carbocycles. The Kier molecular flexibility index (Phi) is 6.09. The largest absolute Gasteiger partial charge is 0.347 e. The van der Waals surface area contributed by atoms with Crippen molar-refractivity contribution in [1.82, 2.24) is 5.32 Å². The number of aryl methyl sites for hydroxylation is 2. The molecule has 0 radical (unpaired) electrons. The number of hydrogen-bond donors (Lipinski definition) is 3. The first-order valence-electron chi connectivity index (χ1n) is 9.45. The second-order valence-corrected chi connectivity index (χ2v) is 7.18. The van der Waals surface area contributed by atoms with Gasteiger partial charge in [-0.1, -0.05) is 36.4 Å². The average molecular weight is 379 g/mol. The van der Waals surface area contributed by atoms with Crippen molar-refractivity contribution in [2.24, 2.45) is 5.92 Å². The minimum atomic E-state index is -0.268. The van der Waals surface area contributed by atoms with Crippen molar-refractivity contribution >= 4 is 29.1 Å². The van der Waals surface area contributed by atoms with E-state index in [1.165, 1.54) is 0 Å². The molecule has 1 aliphatic rings. The Balaban J connectivity index is 1.45. The van der Waals surface area contributed by atoms with Crippen LogP contribution in [0.1, 0.15) is 29.5 Å². The summed E-state index contributed by atoms with van der Waals surface area (Å²) in [6, 6.07) is 13.5. The lowest BCUT2D eigenvalue weighted by atomic mass is 9.89. The van der Waals surface area contributed by atoms with Crippen molar-refractivity contribution in [3.05, 3.63) is 59.2 Å². The molecule has 0 bridgehead atoms. The first-order valence-corrected chi connectivity index (χ1v) is 9.45. The van der Waals surface area contributed by atoms with Crippen LogP contribution in [0.5, 0.6) is 0 Å². The van der Waals surface area contributed by atoms with Gasteiger partial charge in [-0.2, -0.15) is 0 Å². The average Bonchev–Trinajstić information content (AvgIpc) is 2.67. The minimum Gasteiger partial charge on any atom is -0.347 e. The third-order valence-electron chi connectivity index (χ3n) is 5.02. The molecule has 28 heavy (non-hydrogen) atoms. The molecule has 3 rings (SSSR count). The summed E-state index contributed by atoms with van der Waals surface area (Å²) in [6.07, 6.45) is 1.28. The standard InChI is InChI=1S/C22H25N3O3/c1-14-6-5-7-15(2)21(14)25-20(27)13-23-19(26)11-10-17-12-16-8-3-4-9-18(16)24-22(17)28/h3-9,17H,10-13H2,1-2H3,(H,23,26)(H,24,28)(H,25,27). The van der Waals surface area contributed by atoms with E-state index in [-0.39, 0.29) is 36.6 Å². The van der Waals surface area contributed by atoms with Crippen LogP contribution in [0.25, 0.3) is 0 Å². The molecule has 6 heteroatoms. The summed E-state index contributed by atoms with van der Waals surface area (Å²) in [5.41, 5.74) is 4.66. The van der Waals surface area contributed by atoms with Gasteiger partial charge in [0.2, 0.25) is 17.7 Å². The van der Waals surface area contributed by atoms with E-state index in [2.05, 4.69) is 16.0 Å². The van der Waals surface area contributed by atoms with E-state index in [1.807, 2.05) is 56.3 Å². The highest BCUT2D eigenvalue weighted by molar-refractivity contribution is 5.97. The summed E-state index contributed by atoms with van der Waals surface area (Å²) in [4.78, 5) is 36.4. The fourth-order valence-electron chi connectivity index (χ4n) is 3.41. The molecular weight excluding hydrogens is 354 g/mol. The summed E-state index contributed by atoms with van der Waals surface area (Å²) >= 11 is 0. The Bertz CT molecular complexity index is 887. The van der Waals surface area contributed by atoms with Crippen LogP contribution in [0.2, 0.25) is 0 Å². The molecule has 1 heterocycles. The van der Waals surface area contributed by atoms with E-state index in [0.717, 1.165) is 28.1 Å². The maximum Gasteiger partial charge on any atom is 0.243 e. The zero-order valence-corrected chi connectivity index (χ0v) is 16.2. The summed E-state index contributed by atoms with van der Waals surface area (Å²) in [6.45, 7) is 3.76. The Morgan fingerprint density at radius 2 is 1.75 bits per heavy atom. The highest BCUT2D eigenvalue weighted by atomic mass is 16.2. The topological polar surface area (TPSA) is 87.3 Å². The lowest BCUT2D eigenvalue weighted by molar-refractivity contribution is -0.125. The first kappa shape index (κ1) is 19.6. The van der Waals surface area contributed by atoms with Gasteiger partial charge in [-0.15, -0.1) is 0 Å². The van der Waals surface area contributed by atoms with Crippen molar-refractivity contribution in [2.75, 3.05) is 17.2 Å². The van der Waals surface area contributed by atoms with Gasteiger partial charge in [-0.3, -0.25) is 14.4 Å². The van der Waals surface area contributed by atoms with Crippen LogP contribution in [0, 0.1) is 19.8 Å². The van der Waals surface area contributed by atoms with Crippen LogP contribution in [-0.2, 0) is 20.8 Å². The molecule has 3 amide bonds. The molecule has 0 aliphatic carbocycles. The van der Waals surface area contributed by atoms with Crippen LogP contribution in [0.4, 0.5) is 11.4 Å². The van der Waals surface area contributed by atoms with E-state index in [1.54, 1.807) is 0 Å². The second kappa shape index (κ2) is 8.69. The maximum absolute atomic E-state index is 12.2. The molecule has 146 valence electrons. The van der Waals surface area contributed by atoms with E-state index >= 15 is 0 Å². The van der Waals surface area contributed by atoms with E-state index in [4.69, 9.17) is 0 Å². The third kappa shape index (κ3) is 4.76. The van der Waals surface area contributed by atoms with Gasteiger partial charge >= 0.3 is 0 Å². The number of para-hydroxylation sites is 2. The lowest BCUT2D eigenvalue weighted by Gasteiger charge is -2.24. The fourth-order valence-corrected chi connectivity index (χ4v) is 3.41. The summed E-state index contributed by atoms with van der Waals surface area (Å²) < 4.78 is 0. The minimum absolute atomic E-state index is 0.0562. The molecule has 3 N–H and O–H groups in total. The molecule has 0 spiro atoms. The van der Waals surface area contributed by atoms with Gasteiger partial charge in [-0.05, 0) is 49.4 Å². The SMILES string of the molecule is Cc1cccc(C)c1NC(=O)CNC(=O)CCC1Cc2ccccc2NC1=O. The molecule has 1 atom stereocenters. The molecule has 0 saturated heterocycles. The predicted octanol–water partition coefficient (Wildman–Crippen LogP) is 2.95. The van der Waals surface area contributed by atoms with Crippen molar-refractivity contribution in [3.63, 3.8) is 0 Å². The van der Waals surface area contributed by atoms with Gasteiger partial charge < -0.3 is 16.0 Å². The Labute approximate surface area is 164 Å². The van der Waals surface area contributed by atoms with Crippen molar-refractivity contribution in [3.8, 4) is 0 Å². The molecule has 6 nitrogen and oxygen atoms in total. The lowest BCUT2D eigenvalue weighted by Crippen LogP contribution is -2.35. The normalized spacial score (nSPS) is 15.4.